The lowest BCUT2D eigenvalue weighted by Gasteiger charge is -2.24. The van der Waals surface area contributed by atoms with Crippen LogP contribution in [0.1, 0.15) is 25.3 Å². The molecule has 1 aliphatic heterocycles. The van der Waals surface area contributed by atoms with Gasteiger partial charge in [-0.05, 0) is 47.0 Å². The van der Waals surface area contributed by atoms with Crippen molar-refractivity contribution < 1.29 is 9.47 Å². The van der Waals surface area contributed by atoms with Gasteiger partial charge in [-0.15, -0.1) is 0 Å². The Bertz CT molecular complexity index is 389. The van der Waals surface area contributed by atoms with Gasteiger partial charge in [0.1, 0.15) is 11.9 Å². The van der Waals surface area contributed by atoms with E-state index < -0.39 is 0 Å². The summed E-state index contributed by atoms with van der Waals surface area (Å²) >= 11 is 3.57. The average Bonchev–Trinajstić information content (AvgIpc) is 2.33. The molecule has 0 aromatic heterocycles. The lowest BCUT2D eigenvalue weighted by atomic mass is 10.1. The second kappa shape index (κ2) is 6.55. The number of halogens is 1. The van der Waals surface area contributed by atoms with E-state index in [1.807, 2.05) is 13.0 Å². The Kier molecular flexibility index (Phi) is 5.03. The number of nitrogens with two attached hydrogens (primary N) is 1. The van der Waals surface area contributed by atoms with Crippen LogP contribution in [0.2, 0.25) is 0 Å². The number of ether oxygens (including phenoxy) is 2. The normalized spacial score (nSPS) is 18.6. The highest BCUT2D eigenvalue weighted by molar-refractivity contribution is 9.10. The maximum Gasteiger partial charge on any atom is 0.133 e. The van der Waals surface area contributed by atoms with Crippen LogP contribution < -0.4 is 10.5 Å². The van der Waals surface area contributed by atoms with Gasteiger partial charge in [-0.1, -0.05) is 6.07 Å². The highest BCUT2D eigenvalue weighted by atomic mass is 79.9. The molecule has 1 aromatic carbocycles. The molecule has 1 aliphatic rings. The zero-order chi connectivity index (χ0) is 13.0. The summed E-state index contributed by atoms with van der Waals surface area (Å²) in [5.41, 5.74) is 7.03. The van der Waals surface area contributed by atoms with Crippen molar-refractivity contribution in [2.75, 3.05) is 13.2 Å². The fraction of sp³-hybridized carbons (Fsp3) is 0.571. The molecule has 1 fully saturated rings. The van der Waals surface area contributed by atoms with Crippen molar-refractivity contribution in [1.82, 2.24) is 0 Å². The molecule has 2 N–H and O–H groups in total. The van der Waals surface area contributed by atoms with Gasteiger partial charge in [0.05, 0.1) is 17.7 Å². The van der Waals surface area contributed by atoms with Gasteiger partial charge in [0.25, 0.3) is 0 Å². The Morgan fingerprint density at radius 3 is 2.78 bits per heavy atom. The van der Waals surface area contributed by atoms with Crippen LogP contribution in [0, 0.1) is 0 Å². The zero-order valence-corrected chi connectivity index (χ0v) is 12.3. The highest BCUT2D eigenvalue weighted by Gasteiger charge is 2.16. The van der Waals surface area contributed by atoms with Crippen LogP contribution in [0.25, 0.3) is 0 Å². The minimum Gasteiger partial charge on any atom is -0.489 e. The van der Waals surface area contributed by atoms with Crippen LogP contribution in [-0.2, 0) is 11.2 Å². The van der Waals surface area contributed by atoms with Crippen LogP contribution in [0.4, 0.5) is 0 Å². The fourth-order valence-corrected chi connectivity index (χ4v) is 2.63. The van der Waals surface area contributed by atoms with Crippen LogP contribution >= 0.6 is 15.9 Å². The predicted molar refractivity (Wildman–Crippen MR) is 76.0 cm³/mol. The van der Waals surface area contributed by atoms with Crippen molar-refractivity contribution in [2.24, 2.45) is 5.73 Å². The average molecular weight is 314 g/mol. The standard InChI is InChI=1S/C14H20BrNO2/c1-10(16)8-11-2-3-14(13(15)9-11)18-12-4-6-17-7-5-12/h2-3,9-10,12H,4-8,16H2,1H3. The Balaban J connectivity index is 2.00. The molecular formula is C14H20BrNO2. The highest BCUT2D eigenvalue weighted by Crippen LogP contribution is 2.28. The van der Waals surface area contributed by atoms with Crippen molar-refractivity contribution >= 4 is 15.9 Å². The van der Waals surface area contributed by atoms with Crippen molar-refractivity contribution in [2.45, 2.75) is 38.3 Å². The third-order valence-electron chi connectivity index (χ3n) is 3.02. The largest absolute Gasteiger partial charge is 0.489 e. The van der Waals surface area contributed by atoms with E-state index in [1.54, 1.807) is 0 Å². The van der Waals surface area contributed by atoms with E-state index in [0.29, 0.717) is 0 Å². The lowest BCUT2D eigenvalue weighted by molar-refractivity contribution is 0.0252. The Hall–Kier alpha value is -0.580. The molecule has 3 nitrogen and oxygen atoms in total. The second-order valence-corrected chi connectivity index (χ2v) is 5.73. The van der Waals surface area contributed by atoms with E-state index in [2.05, 4.69) is 28.1 Å². The van der Waals surface area contributed by atoms with Crippen molar-refractivity contribution in [3.8, 4) is 5.75 Å². The molecule has 0 amide bonds. The molecule has 18 heavy (non-hydrogen) atoms. The minimum atomic E-state index is 0.180. The molecule has 2 rings (SSSR count). The van der Waals surface area contributed by atoms with E-state index in [1.165, 1.54) is 5.56 Å². The van der Waals surface area contributed by atoms with Gasteiger partial charge in [-0.3, -0.25) is 0 Å². The van der Waals surface area contributed by atoms with Crippen LogP contribution in [0.5, 0.6) is 5.75 Å². The van der Waals surface area contributed by atoms with Crippen molar-refractivity contribution in [1.29, 1.82) is 0 Å². The van der Waals surface area contributed by atoms with Gasteiger partial charge in [-0.25, -0.2) is 0 Å². The molecule has 0 saturated carbocycles. The van der Waals surface area contributed by atoms with Gasteiger partial charge >= 0.3 is 0 Å². The number of hydrogen-bond acceptors (Lipinski definition) is 3. The van der Waals surface area contributed by atoms with Gasteiger partial charge in [0.15, 0.2) is 0 Å². The molecule has 100 valence electrons. The van der Waals surface area contributed by atoms with E-state index in [9.17, 15) is 0 Å². The quantitative estimate of drug-likeness (QED) is 0.929. The summed E-state index contributed by atoms with van der Waals surface area (Å²) in [6.45, 7) is 3.61. The predicted octanol–water partition coefficient (Wildman–Crippen LogP) is 2.90. The van der Waals surface area contributed by atoms with Gasteiger partial charge < -0.3 is 15.2 Å². The molecule has 1 unspecified atom stereocenters. The van der Waals surface area contributed by atoms with Crippen molar-refractivity contribution in [3.63, 3.8) is 0 Å². The Morgan fingerprint density at radius 1 is 1.44 bits per heavy atom. The SMILES string of the molecule is CC(N)Cc1ccc(OC2CCOCC2)c(Br)c1. The molecule has 1 aromatic rings. The molecule has 1 saturated heterocycles. The summed E-state index contributed by atoms with van der Waals surface area (Å²) in [7, 11) is 0. The summed E-state index contributed by atoms with van der Waals surface area (Å²) in [6.07, 6.45) is 3.09. The molecule has 0 aliphatic carbocycles. The smallest absolute Gasteiger partial charge is 0.133 e. The first-order valence-electron chi connectivity index (χ1n) is 6.43. The third-order valence-corrected chi connectivity index (χ3v) is 3.64. The lowest BCUT2D eigenvalue weighted by Crippen LogP contribution is -2.26. The summed E-state index contributed by atoms with van der Waals surface area (Å²) in [5, 5.41) is 0. The van der Waals surface area contributed by atoms with Crippen LogP contribution in [-0.4, -0.2) is 25.4 Å². The molecule has 0 radical (unpaired) electrons. The Labute approximate surface area is 117 Å². The molecule has 1 atom stereocenters. The molecule has 1 heterocycles. The fourth-order valence-electron chi connectivity index (χ4n) is 2.11. The monoisotopic (exact) mass is 313 g/mol. The summed E-state index contributed by atoms with van der Waals surface area (Å²) < 4.78 is 12.3. The molecular weight excluding hydrogens is 294 g/mol. The van der Waals surface area contributed by atoms with Gasteiger partial charge in [0, 0.05) is 18.9 Å². The maximum absolute atomic E-state index is 5.99. The maximum atomic E-state index is 5.99. The van der Waals surface area contributed by atoms with Crippen LogP contribution in [0.3, 0.4) is 0 Å². The van der Waals surface area contributed by atoms with E-state index in [4.69, 9.17) is 15.2 Å². The number of benzene rings is 1. The molecule has 0 spiro atoms. The van der Waals surface area contributed by atoms with E-state index in [-0.39, 0.29) is 12.1 Å². The van der Waals surface area contributed by atoms with Gasteiger partial charge in [-0.2, -0.15) is 0 Å². The molecule has 0 bridgehead atoms. The first-order valence-corrected chi connectivity index (χ1v) is 7.23. The minimum absolute atomic E-state index is 0.180. The third kappa shape index (κ3) is 3.97. The Morgan fingerprint density at radius 2 is 2.17 bits per heavy atom. The number of rotatable bonds is 4. The summed E-state index contributed by atoms with van der Waals surface area (Å²) in [6, 6.07) is 6.39. The van der Waals surface area contributed by atoms with Crippen molar-refractivity contribution in [3.05, 3.63) is 28.2 Å². The van der Waals surface area contributed by atoms with Gasteiger partial charge in [0.2, 0.25) is 0 Å². The summed E-state index contributed by atoms with van der Waals surface area (Å²) in [4.78, 5) is 0. The molecule has 4 heteroatoms. The first-order chi connectivity index (χ1) is 8.65. The second-order valence-electron chi connectivity index (χ2n) is 4.88. The van der Waals surface area contributed by atoms with Crippen LogP contribution in [0.15, 0.2) is 22.7 Å². The zero-order valence-electron chi connectivity index (χ0n) is 10.7. The van der Waals surface area contributed by atoms with E-state index >= 15 is 0 Å². The number of hydrogen-bond donors (Lipinski definition) is 1. The topological polar surface area (TPSA) is 44.5 Å². The first kappa shape index (κ1) is 13.8. The van der Waals surface area contributed by atoms with E-state index in [0.717, 1.165) is 42.7 Å². The summed E-state index contributed by atoms with van der Waals surface area (Å²) in [5.74, 6) is 0.912.